The Labute approximate surface area is 189 Å². The third kappa shape index (κ3) is 5.47. The zero-order valence-electron chi connectivity index (χ0n) is 18.6. The molecule has 1 fully saturated rings. The Balaban J connectivity index is 1.50. The summed E-state index contributed by atoms with van der Waals surface area (Å²) in [4.78, 5) is 39.7. The van der Waals surface area contributed by atoms with E-state index in [1.807, 2.05) is 0 Å². The Bertz CT molecular complexity index is 970. The number of piperidine rings is 1. The van der Waals surface area contributed by atoms with E-state index in [-0.39, 0.29) is 41.6 Å². The average molecular weight is 466 g/mol. The first kappa shape index (κ1) is 24.2. The van der Waals surface area contributed by atoms with E-state index in [2.05, 4.69) is 4.72 Å². The fourth-order valence-electron chi connectivity index (χ4n) is 4.15. The number of nitrogens with zero attached hydrogens (tertiary/aromatic N) is 2. The van der Waals surface area contributed by atoms with Gasteiger partial charge in [0.25, 0.3) is 0 Å². The highest BCUT2D eigenvalue weighted by Gasteiger charge is 2.29. The van der Waals surface area contributed by atoms with E-state index in [0.717, 1.165) is 11.3 Å². The minimum Gasteiger partial charge on any atom is -0.466 e. The second kappa shape index (κ2) is 10.4. The number of fused-ring (bicyclic) bond motifs is 1. The summed E-state index contributed by atoms with van der Waals surface area (Å²) >= 11 is 0. The third-order valence-corrected chi connectivity index (χ3v) is 7.42. The quantitative estimate of drug-likeness (QED) is 0.582. The van der Waals surface area contributed by atoms with Crippen molar-refractivity contribution in [3.63, 3.8) is 0 Å². The molecule has 0 spiro atoms. The van der Waals surface area contributed by atoms with Crippen LogP contribution in [0.25, 0.3) is 0 Å². The maximum absolute atomic E-state index is 12.7. The smallest absolute Gasteiger partial charge is 0.309 e. The average Bonchev–Trinajstić information content (AvgIpc) is 3.22. The molecule has 10 heteroatoms. The summed E-state index contributed by atoms with van der Waals surface area (Å²) in [6.07, 6.45) is 2.18. The van der Waals surface area contributed by atoms with Crippen molar-refractivity contribution in [2.24, 2.45) is 5.92 Å². The molecule has 2 aliphatic rings. The summed E-state index contributed by atoms with van der Waals surface area (Å²) in [5, 5.41) is 0. The number of hydrogen-bond acceptors (Lipinski definition) is 6. The summed E-state index contributed by atoms with van der Waals surface area (Å²) in [6, 6.07) is 4.76. The number of nitrogens with one attached hydrogen (secondary N) is 1. The van der Waals surface area contributed by atoms with Crippen LogP contribution in [-0.2, 0) is 35.6 Å². The van der Waals surface area contributed by atoms with Crippen molar-refractivity contribution in [3.8, 4) is 0 Å². The fourth-order valence-corrected chi connectivity index (χ4v) is 5.24. The number of hydrogen-bond donors (Lipinski definition) is 1. The number of rotatable bonds is 8. The van der Waals surface area contributed by atoms with Crippen molar-refractivity contribution in [2.75, 3.05) is 37.7 Å². The standard InChI is InChI=1S/C22H31N3O6S/c1-3-20(26)25-14-10-17-15-18(5-6-19(17)25)32(29,30)23-11-7-21(27)24-12-8-16(9-13-24)22(28)31-4-2/h5-6,15-16,23H,3-4,7-14H2,1-2H3. The predicted octanol–water partition coefficient (Wildman–Crippen LogP) is 1.46. The molecule has 176 valence electrons. The van der Waals surface area contributed by atoms with Crippen LogP contribution in [0.15, 0.2) is 23.1 Å². The normalized spacial score (nSPS) is 16.7. The van der Waals surface area contributed by atoms with Crippen LogP contribution in [0.4, 0.5) is 5.69 Å². The van der Waals surface area contributed by atoms with E-state index < -0.39 is 10.0 Å². The molecule has 0 unspecified atom stereocenters. The van der Waals surface area contributed by atoms with Crippen molar-refractivity contribution in [1.82, 2.24) is 9.62 Å². The summed E-state index contributed by atoms with van der Waals surface area (Å²) < 4.78 is 32.9. The minimum absolute atomic E-state index is 0.00347. The van der Waals surface area contributed by atoms with Crippen LogP contribution in [0.1, 0.15) is 45.1 Å². The van der Waals surface area contributed by atoms with Gasteiger partial charge in [-0.2, -0.15) is 0 Å². The Hall–Kier alpha value is -2.46. The van der Waals surface area contributed by atoms with Gasteiger partial charge in [-0.1, -0.05) is 6.92 Å². The second-order valence-corrected chi connectivity index (χ2v) is 9.76. The van der Waals surface area contributed by atoms with E-state index in [1.165, 1.54) is 6.07 Å². The number of esters is 1. The highest BCUT2D eigenvalue weighted by Crippen LogP contribution is 2.30. The van der Waals surface area contributed by atoms with Gasteiger partial charge < -0.3 is 14.5 Å². The Morgan fingerprint density at radius 1 is 1.09 bits per heavy atom. The molecule has 0 aliphatic carbocycles. The number of ether oxygens (including phenoxy) is 1. The summed E-state index contributed by atoms with van der Waals surface area (Å²) in [7, 11) is -3.76. The lowest BCUT2D eigenvalue weighted by atomic mass is 9.97. The molecular weight excluding hydrogens is 434 g/mol. The van der Waals surface area contributed by atoms with E-state index in [9.17, 15) is 22.8 Å². The maximum Gasteiger partial charge on any atom is 0.309 e. The monoisotopic (exact) mass is 465 g/mol. The van der Waals surface area contributed by atoms with E-state index >= 15 is 0 Å². The molecule has 0 saturated carbocycles. The molecule has 32 heavy (non-hydrogen) atoms. The van der Waals surface area contributed by atoms with Crippen LogP contribution in [0.5, 0.6) is 0 Å². The van der Waals surface area contributed by atoms with Gasteiger partial charge in [0.15, 0.2) is 0 Å². The number of carbonyl (C=O) groups is 3. The zero-order valence-corrected chi connectivity index (χ0v) is 19.4. The van der Waals surface area contributed by atoms with Crippen molar-refractivity contribution in [2.45, 2.75) is 50.8 Å². The Morgan fingerprint density at radius 2 is 1.81 bits per heavy atom. The second-order valence-electron chi connectivity index (χ2n) is 7.99. The van der Waals surface area contributed by atoms with Crippen LogP contribution in [0, 0.1) is 5.92 Å². The lowest BCUT2D eigenvalue weighted by molar-refractivity contribution is -0.151. The third-order valence-electron chi connectivity index (χ3n) is 5.96. The number of sulfonamides is 1. The molecule has 0 bridgehead atoms. The van der Waals surface area contributed by atoms with Gasteiger partial charge in [-0.05, 0) is 49.9 Å². The van der Waals surface area contributed by atoms with E-state index in [1.54, 1.807) is 35.8 Å². The van der Waals surface area contributed by atoms with Crippen molar-refractivity contribution in [3.05, 3.63) is 23.8 Å². The van der Waals surface area contributed by atoms with Gasteiger partial charge in [-0.25, -0.2) is 13.1 Å². The minimum atomic E-state index is -3.76. The molecule has 1 aromatic carbocycles. The first-order chi connectivity index (χ1) is 15.3. The van der Waals surface area contributed by atoms with Gasteiger partial charge in [-0.15, -0.1) is 0 Å². The molecule has 2 amide bonds. The number of anilines is 1. The predicted molar refractivity (Wildman–Crippen MR) is 119 cm³/mol. The number of carbonyl (C=O) groups excluding carboxylic acids is 3. The Kier molecular flexibility index (Phi) is 7.89. The molecule has 2 heterocycles. The van der Waals surface area contributed by atoms with Gasteiger partial charge >= 0.3 is 5.97 Å². The molecule has 3 rings (SSSR count). The largest absolute Gasteiger partial charge is 0.466 e. The number of likely N-dealkylation sites (tertiary alicyclic amines) is 1. The van der Waals surface area contributed by atoms with E-state index in [4.69, 9.17) is 4.74 Å². The molecule has 0 aromatic heterocycles. The Morgan fingerprint density at radius 3 is 2.47 bits per heavy atom. The number of benzene rings is 1. The molecule has 1 N–H and O–H groups in total. The van der Waals surface area contributed by atoms with Gasteiger partial charge in [0.05, 0.1) is 17.4 Å². The van der Waals surface area contributed by atoms with E-state index in [0.29, 0.717) is 51.9 Å². The molecule has 0 atom stereocenters. The van der Waals surface area contributed by atoms with Gasteiger partial charge in [-0.3, -0.25) is 14.4 Å². The topological polar surface area (TPSA) is 113 Å². The summed E-state index contributed by atoms with van der Waals surface area (Å²) in [5.41, 5.74) is 1.59. The number of amides is 2. The lowest BCUT2D eigenvalue weighted by Crippen LogP contribution is -2.41. The van der Waals surface area contributed by atoms with Crippen molar-refractivity contribution >= 4 is 33.5 Å². The van der Waals surface area contributed by atoms with Crippen LogP contribution < -0.4 is 9.62 Å². The molecule has 0 radical (unpaired) electrons. The highest BCUT2D eigenvalue weighted by molar-refractivity contribution is 7.89. The maximum atomic E-state index is 12.7. The van der Waals surface area contributed by atoms with Crippen molar-refractivity contribution < 1.29 is 27.5 Å². The fraction of sp³-hybridized carbons (Fsp3) is 0.591. The lowest BCUT2D eigenvalue weighted by Gasteiger charge is -2.31. The van der Waals surface area contributed by atoms with Crippen LogP contribution in [0.2, 0.25) is 0 Å². The summed E-state index contributed by atoms with van der Waals surface area (Å²) in [5.74, 6) is -0.523. The van der Waals surface area contributed by atoms with Crippen LogP contribution in [0.3, 0.4) is 0 Å². The molecule has 9 nitrogen and oxygen atoms in total. The van der Waals surface area contributed by atoms with Gasteiger partial charge in [0.2, 0.25) is 21.8 Å². The first-order valence-corrected chi connectivity index (χ1v) is 12.6. The van der Waals surface area contributed by atoms with Crippen LogP contribution >= 0.6 is 0 Å². The molecule has 1 saturated heterocycles. The molecule has 2 aliphatic heterocycles. The first-order valence-electron chi connectivity index (χ1n) is 11.1. The zero-order chi connectivity index (χ0) is 23.3. The van der Waals surface area contributed by atoms with Gasteiger partial charge in [0, 0.05) is 44.7 Å². The van der Waals surface area contributed by atoms with Gasteiger partial charge in [0.1, 0.15) is 0 Å². The molecule has 1 aromatic rings. The highest BCUT2D eigenvalue weighted by atomic mass is 32.2. The summed E-state index contributed by atoms with van der Waals surface area (Å²) in [6.45, 7) is 5.39. The molecular formula is C22H31N3O6S. The van der Waals surface area contributed by atoms with Crippen LogP contribution in [-0.4, -0.2) is 63.9 Å². The van der Waals surface area contributed by atoms with Crippen molar-refractivity contribution in [1.29, 1.82) is 0 Å². The SMILES string of the molecule is CCOC(=O)C1CCN(C(=O)CCNS(=O)(=O)c2ccc3c(c2)CCN3C(=O)CC)CC1.